The van der Waals surface area contributed by atoms with Crippen LogP contribution in [0.5, 0.6) is 5.75 Å². The van der Waals surface area contributed by atoms with E-state index in [4.69, 9.17) is 11.6 Å². The van der Waals surface area contributed by atoms with Crippen LogP contribution < -0.4 is 5.43 Å². The summed E-state index contributed by atoms with van der Waals surface area (Å²) in [6, 6.07) is 17.5. The number of hydrogen-bond donors (Lipinski definition) is 2. The Hall–Kier alpha value is -3.27. The van der Waals surface area contributed by atoms with Gasteiger partial charge in [0.25, 0.3) is 5.91 Å². The zero-order chi connectivity index (χ0) is 23.1. The molecule has 166 valence electrons. The summed E-state index contributed by atoms with van der Waals surface area (Å²) in [4.78, 5) is 12.3. The molecule has 0 aliphatic rings. The second-order valence-electron chi connectivity index (χ2n) is 6.67. The molecule has 7 nitrogen and oxygen atoms in total. The molecule has 0 radical (unpaired) electrons. The summed E-state index contributed by atoms with van der Waals surface area (Å²) < 4.78 is 41.3. The van der Waals surface area contributed by atoms with E-state index < -0.39 is 28.3 Å². The first-order chi connectivity index (χ1) is 15.3. The SMILES string of the molecule is O=C(CN(Cc1ccccc1F)S(=O)(=O)c1ccc(Cl)cc1)N/N=C\c1ccccc1O. The van der Waals surface area contributed by atoms with Gasteiger partial charge < -0.3 is 5.11 Å². The molecule has 0 spiro atoms. The first-order valence-corrected chi connectivity index (χ1v) is 11.2. The fraction of sp³-hybridized carbons (Fsp3) is 0.0909. The molecule has 0 atom stereocenters. The van der Waals surface area contributed by atoms with Gasteiger partial charge in [-0.2, -0.15) is 9.41 Å². The minimum atomic E-state index is -4.16. The molecule has 0 fully saturated rings. The van der Waals surface area contributed by atoms with Crippen molar-refractivity contribution in [3.63, 3.8) is 0 Å². The van der Waals surface area contributed by atoms with Crippen molar-refractivity contribution >= 4 is 33.7 Å². The van der Waals surface area contributed by atoms with Crippen molar-refractivity contribution in [3.05, 3.63) is 94.8 Å². The first kappa shape index (κ1) is 23.4. The summed E-state index contributed by atoms with van der Waals surface area (Å²) in [6.07, 6.45) is 1.22. The monoisotopic (exact) mass is 475 g/mol. The third-order valence-corrected chi connectivity index (χ3v) is 6.46. The predicted molar refractivity (Wildman–Crippen MR) is 119 cm³/mol. The highest BCUT2D eigenvalue weighted by Gasteiger charge is 2.27. The molecular formula is C22H19ClFN3O4S. The number of halogens is 2. The number of phenolic OH excluding ortho intramolecular Hbond substituents is 1. The lowest BCUT2D eigenvalue weighted by atomic mass is 10.2. The smallest absolute Gasteiger partial charge is 0.255 e. The lowest BCUT2D eigenvalue weighted by Crippen LogP contribution is -2.39. The molecule has 0 bridgehead atoms. The van der Waals surface area contributed by atoms with Crippen LogP contribution in [0, 0.1) is 5.82 Å². The van der Waals surface area contributed by atoms with E-state index in [0.717, 1.165) is 4.31 Å². The van der Waals surface area contributed by atoms with Crippen LogP contribution in [0.4, 0.5) is 4.39 Å². The fourth-order valence-electron chi connectivity index (χ4n) is 2.76. The zero-order valence-electron chi connectivity index (χ0n) is 16.7. The van der Waals surface area contributed by atoms with Crippen molar-refractivity contribution in [1.82, 2.24) is 9.73 Å². The van der Waals surface area contributed by atoms with E-state index in [-0.39, 0.29) is 22.8 Å². The van der Waals surface area contributed by atoms with Crippen LogP contribution in [0.25, 0.3) is 0 Å². The Morgan fingerprint density at radius 3 is 2.41 bits per heavy atom. The largest absolute Gasteiger partial charge is 0.507 e. The van der Waals surface area contributed by atoms with Gasteiger partial charge >= 0.3 is 0 Å². The van der Waals surface area contributed by atoms with E-state index in [1.165, 1.54) is 54.7 Å². The second kappa shape index (κ2) is 10.4. The molecule has 0 aliphatic heterocycles. The fourth-order valence-corrected chi connectivity index (χ4v) is 4.26. The quantitative estimate of drug-likeness (QED) is 0.384. The number of para-hydroxylation sites is 1. The summed E-state index contributed by atoms with van der Waals surface area (Å²) in [7, 11) is -4.16. The minimum Gasteiger partial charge on any atom is -0.507 e. The third-order valence-electron chi connectivity index (χ3n) is 4.41. The molecule has 3 aromatic rings. The van der Waals surface area contributed by atoms with Gasteiger partial charge in [0.2, 0.25) is 10.0 Å². The number of hydrogen-bond acceptors (Lipinski definition) is 5. The van der Waals surface area contributed by atoms with Crippen molar-refractivity contribution in [2.45, 2.75) is 11.4 Å². The summed E-state index contributed by atoms with van der Waals surface area (Å²) in [6.45, 7) is -0.981. The second-order valence-corrected chi connectivity index (χ2v) is 9.04. The van der Waals surface area contributed by atoms with E-state index in [9.17, 15) is 22.7 Å². The Kier molecular flexibility index (Phi) is 7.57. The average molecular weight is 476 g/mol. The number of nitrogens with zero attached hydrogens (tertiary/aromatic N) is 2. The van der Waals surface area contributed by atoms with Crippen molar-refractivity contribution < 1.29 is 22.7 Å². The highest BCUT2D eigenvalue weighted by Crippen LogP contribution is 2.21. The van der Waals surface area contributed by atoms with E-state index >= 15 is 0 Å². The summed E-state index contributed by atoms with van der Waals surface area (Å²) in [5.74, 6) is -1.37. The Morgan fingerprint density at radius 1 is 1.06 bits per heavy atom. The maximum Gasteiger partial charge on any atom is 0.255 e. The van der Waals surface area contributed by atoms with Crippen LogP contribution in [0.2, 0.25) is 5.02 Å². The molecule has 10 heteroatoms. The minimum absolute atomic E-state index is 0.0306. The van der Waals surface area contributed by atoms with Crippen molar-refractivity contribution in [3.8, 4) is 5.75 Å². The predicted octanol–water partition coefficient (Wildman–Crippen LogP) is 3.53. The maximum atomic E-state index is 14.2. The summed E-state index contributed by atoms with van der Waals surface area (Å²) >= 11 is 5.84. The topological polar surface area (TPSA) is 99.1 Å². The standard InChI is InChI=1S/C22H19ClFN3O4S/c23-18-9-11-19(12-10-18)32(30,31)27(14-17-6-1-3-7-20(17)24)15-22(29)26-25-13-16-5-2-4-8-21(16)28/h1-13,28H,14-15H2,(H,26,29)/b25-13-. The van der Waals surface area contributed by atoms with Crippen LogP contribution >= 0.6 is 11.6 Å². The first-order valence-electron chi connectivity index (χ1n) is 9.36. The molecule has 2 N–H and O–H groups in total. The number of carbonyl (C=O) groups excluding carboxylic acids is 1. The highest BCUT2D eigenvalue weighted by atomic mass is 35.5. The number of sulfonamides is 1. The van der Waals surface area contributed by atoms with Crippen LogP contribution in [0.15, 0.2) is 82.8 Å². The molecule has 3 rings (SSSR count). The van der Waals surface area contributed by atoms with Crippen LogP contribution in [0.1, 0.15) is 11.1 Å². The number of amides is 1. The average Bonchev–Trinajstić information content (AvgIpc) is 2.76. The Morgan fingerprint density at radius 2 is 1.72 bits per heavy atom. The van der Waals surface area contributed by atoms with Gasteiger partial charge in [-0.15, -0.1) is 0 Å². The molecule has 0 heterocycles. The highest BCUT2D eigenvalue weighted by molar-refractivity contribution is 7.89. The number of nitrogens with one attached hydrogen (secondary N) is 1. The summed E-state index contributed by atoms with van der Waals surface area (Å²) in [5, 5.41) is 13.8. The van der Waals surface area contributed by atoms with E-state index in [1.807, 2.05) is 0 Å². The van der Waals surface area contributed by atoms with E-state index in [1.54, 1.807) is 24.3 Å². The van der Waals surface area contributed by atoms with Gasteiger partial charge in [-0.05, 0) is 42.5 Å². The molecule has 3 aromatic carbocycles. The van der Waals surface area contributed by atoms with Crippen molar-refractivity contribution in [2.24, 2.45) is 5.10 Å². The van der Waals surface area contributed by atoms with Gasteiger partial charge in [-0.3, -0.25) is 4.79 Å². The molecule has 0 aromatic heterocycles. The van der Waals surface area contributed by atoms with Crippen LogP contribution in [0.3, 0.4) is 0 Å². The van der Waals surface area contributed by atoms with Gasteiger partial charge in [0, 0.05) is 22.7 Å². The Labute approximate surface area is 189 Å². The van der Waals surface area contributed by atoms with Crippen molar-refractivity contribution in [2.75, 3.05) is 6.54 Å². The van der Waals surface area contributed by atoms with Crippen LogP contribution in [-0.2, 0) is 21.4 Å². The Balaban J connectivity index is 1.82. The summed E-state index contributed by atoms with van der Waals surface area (Å²) in [5.41, 5.74) is 2.69. The molecule has 0 saturated carbocycles. The number of carbonyl (C=O) groups is 1. The molecule has 1 amide bonds. The van der Waals surface area contributed by atoms with Gasteiger partial charge in [0.15, 0.2) is 0 Å². The molecular weight excluding hydrogens is 457 g/mol. The maximum absolute atomic E-state index is 14.2. The van der Waals surface area contributed by atoms with Gasteiger partial charge in [0.05, 0.1) is 17.7 Å². The lowest BCUT2D eigenvalue weighted by Gasteiger charge is -2.21. The Bertz CT molecular complexity index is 1230. The van der Waals surface area contributed by atoms with Crippen molar-refractivity contribution in [1.29, 1.82) is 0 Å². The van der Waals surface area contributed by atoms with Gasteiger partial charge in [-0.1, -0.05) is 41.9 Å². The van der Waals surface area contributed by atoms with E-state index in [2.05, 4.69) is 10.5 Å². The molecule has 0 aliphatic carbocycles. The molecule has 32 heavy (non-hydrogen) atoms. The van der Waals surface area contributed by atoms with Gasteiger partial charge in [-0.25, -0.2) is 18.2 Å². The van der Waals surface area contributed by atoms with Gasteiger partial charge in [0.1, 0.15) is 11.6 Å². The van der Waals surface area contributed by atoms with E-state index in [0.29, 0.717) is 10.6 Å². The molecule has 0 saturated heterocycles. The molecule has 0 unspecified atom stereocenters. The normalized spacial score (nSPS) is 11.7. The zero-order valence-corrected chi connectivity index (χ0v) is 18.2. The lowest BCUT2D eigenvalue weighted by molar-refractivity contribution is -0.121. The number of hydrazone groups is 1. The number of benzene rings is 3. The third kappa shape index (κ3) is 5.91. The van der Waals surface area contributed by atoms with Crippen LogP contribution in [-0.4, -0.2) is 36.5 Å². The number of aromatic hydroxyl groups is 1. The number of rotatable bonds is 8. The number of phenols is 1.